The number of ether oxygens (including phenoxy) is 1. The molecule has 4 rings (SSSR count). The molecule has 0 saturated carbocycles. The average molecular weight is 396 g/mol. The van der Waals surface area contributed by atoms with E-state index in [-0.39, 0.29) is 41.9 Å². The number of benzene rings is 1. The molecule has 1 aromatic heterocycles. The van der Waals surface area contributed by atoms with Gasteiger partial charge in [0.05, 0.1) is 18.9 Å². The van der Waals surface area contributed by atoms with E-state index in [0.29, 0.717) is 37.7 Å². The second-order valence-electron chi connectivity index (χ2n) is 6.55. The fourth-order valence-electron chi connectivity index (χ4n) is 3.22. The number of anilines is 2. The van der Waals surface area contributed by atoms with Crippen LogP contribution in [0.1, 0.15) is 18.4 Å². The monoisotopic (exact) mass is 396 g/mol. The molecule has 2 aliphatic rings. The van der Waals surface area contributed by atoms with Crippen LogP contribution in [-0.2, 0) is 14.3 Å². The predicted molar refractivity (Wildman–Crippen MR) is 99.9 cm³/mol. The van der Waals surface area contributed by atoms with Crippen molar-refractivity contribution < 1.29 is 18.7 Å². The van der Waals surface area contributed by atoms with Crippen LogP contribution in [0.3, 0.4) is 0 Å². The maximum Gasteiger partial charge on any atom is 0.248 e. The first-order valence-corrected chi connectivity index (χ1v) is 9.10. The fraction of sp³-hybridized carbons (Fsp3) is 0.316. The van der Waals surface area contributed by atoms with Gasteiger partial charge in [-0.3, -0.25) is 15.0 Å². The molecule has 9 nitrogen and oxygen atoms in total. The largest absolute Gasteiger partial charge is 0.378 e. The summed E-state index contributed by atoms with van der Waals surface area (Å²) in [6, 6.07) is 7.70. The van der Waals surface area contributed by atoms with Crippen molar-refractivity contribution in [3.05, 3.63) is 35.6 Å². The molecule has 148 valence electrons. The molecule has 2 saturated heterocycles. The zero-order valence-electron chi connectivity index (χ0n) is 15.4. The Bertz CT molecular complexity index is 982. The van der Waals surface area contributed by atoms with Gasteiger partial charge in [0.25, 0.3) is 0 Å². The van der Waals surface area contributed by atoms with E-state index in [4.69, 9.17) is 4.74 Å². The van der Waals surface area contributed by atoms with E-state index in [2.05, 4.69) is 21.5 Å². The highest BCUT2D eigenvalue weighted by Crippen LogP contribution is 2.30. The SMILES string of the molecule is N#Cc1c(-c2ccc(F)cc2)nc(NN2C(=O)CCC2=O)nc1N1CCOCC1. The molecule has 2 aliphatic heterocycles. The number of imide groups is 1. The molecule has 0 radical (unpaired) electrons. The van der Waals surface area contributed by atoms with E-state index in [1.165, 1.54) is 24.3 Å². The third-order valence-corrected chi connectivity index (χ3v) is 4.69. The van der Waals surface area contributed by atoms with Crippen LogP contribution < -0.4 is 10.3 Å². The van der Waals surface area contributed by atoms with Gasteiger partial charge in [-0.1, -0.05) is 0 Å². The van der Waals surface area contributed by atoms with E-state index in [0.717, 1.165) is 5.01 Å². The summed E-state index contributed by atoms with van der Waals surface area (Å²) in [5.41, 5.74) is 3.69. The van der Waals surface area contributed by atoms with Gasteiger partial charge in [0.2, 0.25) is 17.8 Å². The molecule has 29 heavy (non-hydrogen) atoms. The van der Waals surface area contributed by atoms with E-state index >= 15 is 0 Å². The number of carbonyl (C=O) groups is 2. The molecule has 0 spiro atoms. The van der Waals surface area contributed by atoms with Crippen LogP contribution in [0.4, 0.5) is 16.2 Å². The molecule has 0 bridgehead atoms. The Balaban J connectivity index is 1.81. The highest BCUT2D eigenvalue weighted by molar-refractivity contribution is 6.02. The standard InChI is InChI=1S/C19H17FN6O3/c20-13-3-1-12(2-4-13)17-14(11-21)18(25-7-9-29-10-8-25)23-19(22-17)24-26-15(27)5-6-16(26)28/h1-4H,5-10H2,(H,22,23,24). The van der Waals surface area contributed by atoms with Gasteiger partial charge in [-0.05, 0) is 24.3 Å². The topological polar surface area (TPSA) is 111 Å². The van der Waals surface area contributed by atoms with E-state index in [1.807, 2.05) is 4.90 Å². The minimum Gasteiger partial charge on any atom is -0.378 e. The Morgan fingerprint density at radius 1 is 1.07 bits per heavy atom. The number of rotatable bonds is 4. The van der Waals surface area contributed by atoms with Crippen molar-refractivity contribution in [3.63, 3.8) is 0 Å². The number of aromatic nitrogens is 2. The quantitative estimate of drug-likeness (QED) is 0.774. The number of hydrogen-bond donors (Lipinski definition) is 1. The highest BCUT2D eigenvalue weighted by atomic mass is 19.1. The van der Waals surface area contributed by atoms with Crippen molar-refractivity contribution in [2.45, 2.75) is 12.8 Å². The number of morpholine rings is 1. The first kappa shape index (κ1) is 18.8. The molecule has 0 aliphatic carbocycles. The van der Waals surface area contributed by atoms with Gasteiger partial charge in [0.15, 0.2) is 5.82 Å². The smallest absolute Gasteiger partial charge is 0.248 e. The van der Waals surface area contributed by atoms with Crippen molar-refractivity contribution in [3.8, 4) is 17.3 Å². The van der Waals surface area contributed by atoms with Crippen LogP contribution in [0.15, 0.2) is 24.3 Å². The van der Waals surface area contributed by atoms with E-state index < -0.39 is 5.82 Å². The van der Waals surface area contributed by atoms with Gasteiger partial charge in [-0.2, -0.15) is 15.3 Å². The molecular formula is C19H17FN6O3. The minimum atomic E-state index is -0.415. The predicted octanol–water partition coefficient (Wildman–Crippen LogP) is 1.47. The molecule has 10 heteroatoms. The normalized spacial score (nSPS) is 16.8. The molecule has 2 aromatic rings. The fourth-order valence-corrected chi connectivity index (χ4v) is 3.22. The zero-order valence-corrected chi connectivity index (χ0v) is 15.4. The molecule has 1 N–H and O–H groups in total. The number of halogens is 1. The van der Waals surface area contributed by atoms with Gasteiger partial charge < -0.3 is 9.64 Å². The molecular weight excluding hydrogens is 379 g/mol. The van der Waals surface area contributed by atoms with Crippen LogP contribution in [0.25, 0.3) is 11.3 Å². The summed E-state index contributed by atoms with van der Waals surface area (Å²) in [7, 11) is 0. The van der Waals surface area contributed by atoms with Gasteiger partial charge >= 0.3 is 0 Å². The lowest BCUT2D eigenvalue weighted by molar-refractivity contribution is -0.136. The summed E-state index contributed by atoms with van der Waals surface area (Å²) in [5, 5.41) is 10.7. The molecule has 2 fully saturated rings. The number of nitriles is 1. The van der Waals surface area contributed by atoms with Crippen molar-refractivity contribution in [1.82, 2.24) is 15.0 Å². The summed E-state index contributed by atoms with van der Waals surface area (Å²) >= 11 is 0. The Hall–Kier alpha value is -3.58. The summed E-state index contributed by atoms with van der Waals surface area (Å²) < 4.78 is 18.7. The second kappa shape index (κ2) is 7.81. The lowest BCUT2D eigenvalue weighted by Gasteiger charge is -2.29. The number of amides is 2. The van der Waals surface area contributed by atoms with Gasteiger partial charge in [0, 0.05) is 31.5 Å². The maximum atomic E-state index is 13.4. The number of nitrogens with one attached hydrogen (secondary N) is 1. The van der Waals surface area contributed by atoms with E-state index in [9.17, 15) is 19.2 Å². The van der Waals surface area contributed by atoms with Crippen molar-refractivity contribution in [2.75, 3.05) is 36.6 Å². The molecule has 1 aromatic carbocycles. The van der Waals surface area contributed by atoms with Crippen LogP contribution in [0.5, 0.6) is 0 Å². The second-order valence-corrected chi connectivity index (χ2v) is 6.55. The Morgan fingerprint density at radius 3 is 2.34 bits per heavy atom. The lowest BCUT2D eigenvalue weighted by atomic mass is 10.1. The van der Waals surface area contributed by atoms with E-state index in [1.54, 1.807) is 0 Å². The van der Waals surface area contributed by atoms with Crippen LogP contribution >= 0.6 is 0 Å². The first-order chi connectivity index (χ1) is 14.1. The summed E-state index contributed by atoms with van der Waals surface area (Å²) in [5.74, 6) is -0.792. The summed E-state index contributed by atoms with van der Waals surface area (Å²) in [4.78, 5) is 34.6. The Labute approximate surface area is 165 Å². The number of hydrazine groups is 1. The van der Waals surface area contributed by atoms with Crippen LogP contribution in [0.2, 0.25) is 0 Å². The zero-order chi connectivity index (χ0) is 20.4. The maximum absolute atomic E-state index is 13.4. The van der Waals surface area contributed by atoms with Gasteiger partial charge in [-0.15, -0.1) is 0 Å². The van der Waals surface area contributed by atoms with Crippen molar-refractivity contribution in [1.29, 1.82) is 5.26 Å². The Kier molecular flexibility index (Phi) is 5.05. The van der Waals surface area contributed by atoms with Gasteiger partial charge in [0.1, 0.15) is 17.4 Å². The molecule has 2 amide bonds. The average Bonchev–Trinajstić information content (AvgIpc) is 3.06. The molecule has 3 heterocycles. The van der Waals surface area contributed by atoms with Crippen molar-refractivity contribution >= 4 is 23.6 Å². The third kappa shape index (κ3) is 3.72. The minimum absolute atomic E-state index is 0.00779. The molecule has 0 unspecified atom stereocenters. The van der Waals surface area contributed by atoms with Crippen molar-refractivity contribution in [2.24, 2.45) is 0 Å². The summed E-state index contributed by atoms with van der Waals surface area (Å²) in [6.07, 6.45) is 0.229. The first-order valence-electron chi connectivity index (χ1n) is 9.10. The summed E-state index contributed by atoms with van der Waals surface area (Å²) in [6.45, 7) is 2.00. The lowest BCUT2D eigenvalue weighted by Crippen LogP contribution is -2.38. The number of nitrogens with zero attached hydrogens (tertiary/aromatic N) is 5. The number of carbonyl (C=O) groups excluding carboxylic acids is 2. The van der Waals surface area contributed by atoms with Crippen LogP contribution in [-0.4, -0.2) is 53.1 Å². The van der Waals surface area contributed by atoms with Crippen LogP contribution in [0, 0.1) is 17.1 Å². The van der Waals surface area contributed by atoms with Gasteiger partial charge in [-0.25, -0.2) is 9.37 Å². The molecule has 0 atom stereocenters. The highest BCUT2D eigenvalue weighted by Gasteiger charge is 2.31. The number of hydrogen-bond acceptors (Lipinski definition) is 8. The third-order valence-electron chi connectivity index (χ3n) is 4.69. The Morgan fingerprint density at radius 2 is 1.72 bits per heavy atom.